The molecule has 1 fully saturated rings. The fourth-order valence-electron chi connectivity index (χ4n) is 2.11. The Morgan fingerprint density at radius 3 is 2.65 bits per heavy atom. The molecule has 1 N–H and O–H groups in total. The molecule has 0 aliphatic heterocycles. The predicted molar refractivity (Wildman–Crippen MR) is 77.9 cm³/mol. The second-order valence-electron chi connectivity index (χ2n) is 4.85. The monoisotopic (exact) mass is 362 g/mol. The summed E-state index contributed by atoms with van der Waals surface area (Å²) in [5.41, 5.74) is -0.413. The number of benzene rings is 1. The van der Waals surface area contributed by atoms with Crippen molar-refractivity contribution in [2.24, 2.45) is 5.92 Å². The highest BCUT2D eigenvalue weighted by Gasteiger charge is 2.26. The fraction of sp³-hybridized carbons (Fsp3) is 0.500. The normalized spacial score (nSPS) is 15.8. The lowest BCUT2D eigenvalue weighted by Crippen LogP contribution is -2.28. The summed E-state index contributed by atoms with van der Waals surface area (Å²) in [6.07, 6.45) is 4.26. The predicted octanol–water partition coefficient (Wildman–Crippen LogP) is 2.83. The van der Waals surface area contributed by atoms with Gasteiger partial charge in [0.2, 0.25) is 10.0 Å². The zero-order valence-corrected chi connectivity index (χ0v) is 13.1. The van der Waals surface area contributed by atoms with E-state index in [0.29, 0.717) is 16.9 Å². The second kappa shape index (κ2) is 6.19. The van der Waals surface area contributed by atoms with Crippen LogP contribution in [0.2, 0.25) is 0 Å². The standard InChI is InChI=1S/C12H15BrN2O4S/c13-10-4-5-11(15(16)17)12(8-10)20(18,19)14-7-6-9-2-1-3-9/h4-5,8-9,14H,1-3,6-7H2. The van der Waals surface area contributed by atoms with Crippen molar-refractivity contribution in [2.45, 2.75) is 30.6 Å². The van der Waals surface area contributed by atoms with Crippen molar-refractivity contribution in [1.82, 2.24) is 4.72 Å². The van der Waals surface area contributed by atoms with Gasteiger partial charge in [0.15, 0.2) is 4.90 Å². The Balaban J connectivity index is 2.14. The summed E-state index contributed by atoms with van der Waals surface area (Å²) >= 11 is 3.13. The van der Waals surface area contributed by atoms with E-state index in [2.05, 4.69) is 20.7 Å². The molecule has 20 heavy (non-hydrogen) atoms. The summed E-state index contributed by atoms with van der Waals surface area (Å²) in [4.78, 5) is 9.93. The van der Waals surface area contributed by atoms with Crippen LogP contribution in [0.4, 0.5) is 5.69 Å². The smallest absolute Gasteiger partial charge is 0.258 e. The highest BCUT2D eigenvalue weighted by Crippen LogP contribution is 2.30. The summed E-state index contributed by atoms with van der Waals surface area (Å²) in [5.74, 6) is 0.579. The van der Waals surface area contributed by atoms with E-state index in [1.54, 1.807) is 0 Å². The lowest BCUT2D eigenvalue weighted by molar-refractivity contribution is -0.387. The molecule has 1 aromatic rings. The summed E-state index contributed by atoms with van der Waals surface area (Å²) in [5, 5.41) is 10.9. The number of nitro groups is 1. The number of nitrogens with zero attached hydrogens (tertiary/aromatic N) is 1. The molecule has 0 bridgehead atoms. The molecule has 0 heterocycles. The number of halogens is 1. The highest BCUT2D eigenvalue weighted by molar-refractivity contribution is 9.10. The molecule has 2 rings (SSSR count). The van der Waals surface area contributed by atoms with Gasteiger partial charge in [-0.15, -0.1) is 0 Å². The van der Waals surface area contributed by atoms with E-state index >= 15 is 0 Å². The lowest BCUT2D eigenvalue weighted by Gasteiger charge is -2.25. The number of hydrogen-bond donors (Lipinski definition) is 1. The molecular formula is C12H15BrN2O4S. The van der Waals surface area contributed by atoms with E-state index in [-0.39, 0.29) is 4.90 Å². The van der Waals surface area contributed by atoms with E-state index in [1.807, 2.05) is 0 Å². The minimum atomic E-state index is -3.86. The van der Waals surface area contributed by atoms with Crippen LogP contribution in [0.15, 0.2) is 27.6 Å². The molecule has 0 radical (unpaired) electrons. The van der Waals surface area contributed by atoms with Crippen LogP contribution in [0.5, 0.6) is 0 Å². The number of sulfonamides is 1. The molecule has 0 amide bonds. The van der Waals surface area contributed by atoms with Crippen molar-refractivity contribution < 1.29 is 13.3 Å². The maximum atomic E-state index is 12.2. The Morgan fingerprint density at radius 1 is 1.40 bits per heavy atom. The van der Waals surface area contributed by atoms with Crippen LogP contribution >= 0.6 is 15.9 Å². The van der Waals surface area contributed by atoms with Gasteiger partial charge in [-0.1, -0.05) is 35.2 Å². The van der Waals surface area contributed by atoms with Crippen LogP contribution in [0.3, 0.4) is 0 Å². The Hall–Kier alpha value is -0.990. The fourth-order valence-corrected chi connectivity index (χ4v) is 3.87. The minimum Gasteiger partial charge on any atom is -0.258 e. The zero-order valence-electron chi connectivity index (χ0n) is 10.7. The average Bonchev–Trinajstić information content (AvgIpc) is 2.32. The van der Waals surface area contributed by atoms with Crippen molar-refractivity contribution in [1.29, 1.82) is 0 Å². The molecule has 0 spiro atoms. The zero-order chi connectivity index (χ0) is 14.8. The van der Waals surface area contributed by atoms with Gasteiger partial charge in [-0.2, -0.15) is 0 Å². The summed E-state index contributed by atoms with van der Waals surface area (Å²) in [7, 11) is -3.86. The second-order valence-corrected chi connectivity index (χ2v) is 7.50. The van der Waals surface area contributed by atoms with Gasteiger partial charge in [-0.25, -0.2) is 13.1 Å². The van der Waals surface area contributed by atoms with Gasteiger partial charge in [-0.3, -0.25) is 10.1 Å². The maximum absolute atomic E-state index is 12.2. The summed E-state index contributed by atoms with van der Waals surface area (Å²) in [6.45, 7) is 0.316. The van der Waals surface area contributed by atoms with Gasteiger partial charge >= 0.3 is 0 Å². The first-order chi connectivity index (χ1) is 9.40. The van der Waals surface area contributed by atoms with Crippen LogP contribution in [-0.4, -0.2) is 19.9 Å². The Labute approximate surface area is 125 Å². The molecule has 0 saturated heterocycles. The average molecular weight is 363 g/mol. The molecule has 110 valence electrons. The topological polar surface area (TPSA) is 89.3 Å². The summed E-state index contributed by atoms with van der Waals surface area (Å²) in [6, 6.07) is 3.89. The van der Waals surface area contributed by atoms with Crippen molar-refractivity contribution >= 4 is 31.6 Å². The Bertz CT molecular complexity index is 614. The van der Waals surface area contributed by atoms with E-state index in [4.69, 9.17) is 0 Å². The first-order valence-electron chi connectivity index (χ1n) is 6.34. The molecule has 1 saturated carbocycles. The third-order valence-corrected chi connectivity index (χ3v) is 5.46. The van der Waals surface area contributed by atoms with Crippen molar-refractivity contribution in [2.75, 3.05) is 6.54 Å². The maximum Gasteiger partial charge on any atom is 0.289 e. The van der Waals surface area contributed by atoms with E-state index in [9.17, 15) is 18.5 Å². The molecular weight excluding hydrogens is 348 g/mol. The number of hydrogen-bond acceptors (Lipinski definition) is 4. The molecule has 1 aliphatic carbocycles. The van der Waals surface area contributed by atoms with E-state index in [1.165, 1.54) is 24.6 Å². The molecule has 1 aliphatic rings. The van der Waals surface area contributed by atoms with E-state index in [0.717, 1.165) is 19.3 Å². The Kier molecular flexibility index (Phi) is 4.77. The van der Waals surface area contributed by atoms with Gasteiger partial charge < -0.3 is 0 Å². The van der Waals surface area contributed by atoms with Gasteiger partial charge in [0.05, 0.1) is 4.92 Å². The quantitative estimate of drug-likeness (QED) is 0.622. The third-order valence-electron chi connectivity index (χ3n) is 3.48. The highest BCUT2D eigenvalue weighted by atomic mass is 79.9. The first kappa shape index (κ1) is 15.4. The number of nitro benzene ring substituents is 1. The van der Waals surface area contributed by atoms with Gasteiger partial charge in [0, 0.05) is 17.1 Å². The molecule has 0 aromatic heterocycles. The van der Waals surface area contributed by atoms with Gasteiger partial charge in [-0.05, 0) is 24.5 Å². The molecule has 0 atom stereocenters. The minimum absolute atomic E-state index is 0.300. The first-order valence-corrected chi connectivity index (χ1v) is 8.61. The van der Waals surface area contributed by atoms with Crippen LogP contribution in [0.25, 0.3) is 0 Å². The number of rotatable bonds is 6. The number of nitrogens with one attached hydrogen (secondary N) is 1. The Morgan fingerprint density at radius 2 is 2.10 bits per heavy atom. The van der Waals surface area contributed by atoms with Crippen LogP contribution in [-0.2, 0) is 10.0 Å². The van der Waals surface area contributed by atoms with Gasteiger partial charge in [0.1, 0.15) is 0 Å². The molecule has 1 aromatic carbocycles. The lowest BCUT2D eigenvalue weighted by atomic mass is 9.83. The van der Waals surface area contributed by atoms with Crippen LogP contribution in [0, 0.1) is 16.0 Å². The molecule has 8 heteroatoms. The van der Waals surface area contributed by atoms with Crippen molar-refractivity contribution in [3.63, 3.8) is 0 Å². The summed E-state index contributed by atoms with van der Waals surface area (Å²) < 4.78 is 27.3. The van der Waals surface area contributed by atoms with Gasteiger partial charge in [0.25, 0.3) is 5.69 Å². The third kappa shape index (κ3) is 3.56. The van der Waals surface area contributed by atoms with Crippen LogP contribution < -0.4 is 4.72 Å². The van der Waals surface area contributed by atoms with Crippen molar-refractivity contribution in [3.8, 4) is 0 Å². The van der Waals surface area contributed by atoms with E-state index < -0.39 is 20.6 Å². The molecule has 6 nitrogen and oxygen atoms in total. The van der Waals surface area contributed by atoms with Crippen LogP contribution in [0.1, 0.15) is 25.7 Å². The molecule has 0 unspecified atom stereocenters. The van der Waals surface area contributed by atoms with Crippen molar-refractivity contribution in [3.05, 3.63) is 32.8 Å². The largest absolute Gasteiger partial charge is 0.289 e. The SMILES string of the molecule is O=[N+]([O-])c1ccc(Br)cc1S(=O)(=O)NCCC1CCC1.